The second-order valence-corrected chi connectivity index (χ2v) is 4.40. The Morgan fingerprint density at radius 3 is 2.56 bits per heavy atom. The van der Waals surface area contributed by atoms with Gasteiger partial charge >= 0.3 is 0 Å². The topological polar surface area (TPSA) is 47.0 Å². The van der Waals surface area contributed by atoms with Crippen LogP contribution in [0.15, 0.2) is 6.07 Å². The van der Waals surface area contributed by atoms with Crippen LogP contribution in [0.2, 0.25) is 0 Å². The Morgan fingerprint density at radius 1 is 1.22 bits per heavy atom. The van der Waals surface area contributed by atoms with Crippen molar-refractivity contribution in [3.8, 4) is 0 Å². The van der Waals surface area contributed by atoms with Crippen molar-refractivity contribution in [2.24, 2.45) is 0 Å². The minimum atomic E-state index is 0.00390. The van der Waals surface area contributed by atoms with Gasteiger partial charge in [-0.05, 0) is 19.8 Å². The molecule has 102 valence electrons. The molecule has 0 radical (unpaired) electrons. The lowest BCUT2D eigenvalue weighted by molar-refractivity contribution is 0.0875. The lowest BCUT2D eigenvalue weighted by Gasteiger charge is -2.15. The van der Waals surface area contributed by atoms with Crippen molar-refractivity contribution in [1.29, 1.82) is 0 Å². The van der Waals surface area contributed by atoms with Crippen molar-refractivity contribution < 1.29 is 4.74 Å². The third-order valence-corrected chi connectivity index (χ3v) is 2.78. The first-order valence-electron chi connectivity index (χ1n) is 6.89. The molecule has 1 N–H and O–H groups in total. The smallest absolute Gasteiger partial charge is 0.159 e. The maximum absolute atomic E-state index is 5.49. The number of ether oxygens (including phenoxy) is 1. The van der Waals surface area contributed by atoms with Gasteiger partial charge in [0.05, 0.1) is 0 Å². The molecule has 0 amide bonds. The minimum Gasteiger partial charge on any atom is -0.373 e. The van der Waals surface area contributed by atoms with Crippen LogP contribution in [-0.4, -0.2) is 23.6 Å². The molecule has 0 bridgehead atoms. The van der Waals surface area contributed by atoms with Crippen molar-refractivity contribution in [3.63, 3.8) is 0 Å². The molecule has 1 aromatic rings. The molecule has 4 nitrogen and oxygen atoms in total. The van der Waals surface area contributed by atoms with Gasteiger partial charge < -0.3 is 10.1 Å². The van der Waals surface area contributed by atoms with Crippen molar-refractivity contribution in [2.45, 2.75) is 52.6 Å². The van der Waals surface area contributed by atoms with E-state index in [-0.39, 0.29) is 6.10 Å². The molecule has 0 aliphatic carbocycles. The highest BCUT2D eigenvalue weighted by atomic mass is 16.5. The molecule has 0 aliphatic heterocycles. The number of anilines is 1. The predicted octanol–water partition coefficient (Wildman–Crippen LogP) is 3.35. The third-order valence-electron chi connectivity index (χ3n) is 2.78. The van der Waals surface area contributed by atoms with Crippen LogP contribution in [0.4, 0.5) is 5.82 Å². The second kappa shape index (κ2) is 8.03. The van der Waals surface area contributed by atoms with Gasteiger partial charge in [0.1, 0.15) is 11.9 Å². The second-order valence-electron chi connectivity index (χ2n) is 4.40. The zero-order valence-corrected chi connectivity index (χ0v) is 12.0. The van der Waals surface area contributed by atoms with E-state index in [9.17, 15) is 0 Å². The molecule has 0 saturated heterocycles. The van der Waals surface area contributed by atoms with E-state index in [1.165, 1.54) is 0 Å². The molecule has 18 heavy (non-hydrogen) atoms. The van der Waals surface area contributed by atoms with Crippen molar-refractivity contribution in [3.05, 3.63) is 17.6 Å². The lowest BCUT2D eigenvalue weighted by Crippen LogP contribution is -2.11. The van der Waals surface area contributed by atoms with E-state index in [0.29, 0.717) is 0 Å². The van der Waals surface area contributed by atoms with Gasteiger partial charge in [-0.3, -0.25) is 0 Å². The fourth-order valence-electron chi connectivity index (χ4n) is 1.93. The van der Waals surface area contributed by atoms with Crippen LogP contribution in [0.5, 0.6) is 0 Å². The summed E-state index contributed by atoms with van der Waals surface area (Å²) in [7, 11) is 1.73. The Kier molecular flexibility index (Phi) is 6.65. The van der Waals surface area contributed by atoms with Crippen LogP contribution >= 0.6 is 0 Å². The van der Waals surface area contributed by atoms with Gasteiger partial charge in [0.2, 0.25) is 0 Å². The quantitative estimate of drug-likeness (QED) is 0.769. The minimum absolute atomic E-state index is 0.00390. The Bertz CT molecular complexity index is 331. The van der Waals surface area contributed by atoms with Crippen LogP contribution in [-0.2, 0) is 11.2 Å². The van der Waals surface area contributed by atoms with E-state index in [2.05, 4.69) is 36.1 Å². The maximum Gasteiger partial charge on any atom is 0.159 e. The molecule has 4 heteroatoms. The van der Waals surface area contributed by atoms with Crippen LogP contribution < -0.4 is 5.32 Å². The Balaban J connectivity index is 2.99. The molecule has 1 aromatic heterocycles. The van der Waals surface area contributed by atoms with Crippen molar-refractivity contribution >= 4 is 5.82 Å². The Labute approximate surface area is 110 Å². The number of nitrogens with one attached hydrogen (secondary N) is 1. The molecule has 0 aliphatic rings. The number of hydrogen-bond donors (Lipinski definition) is 1. The molecule has 0 aromatic carbocycles. The van der Waals surface area contributed by atoms with Crippen LogP contribution in [0.25, 0.3) is 0 Å². The monoisotopic (exact) mass is 251 g/mol. The number of nitrogens with zero attached hydrogens (tertiary/aromatic N) is 2. The fourth-order valence-corrected chi connectivity index (χ4v) is 1.93. The zero-order valence-electron chi connectivity index (χ0n) is 12.0. The highest BCUT2D eigenvalue weighted by Gasteiger charge is 2.14. The first-order chi connectivity index (χ1) is 8.74. The Morgan fingerprint density at radius 2 is 2.00 bits per heavy atom. The molecular weight excluding hydrogens is 226 g/mol. The Hall–Kier alpha value is -1.16. The number of aryl methyl sites for hydroxylation is 1. The van der Waals surface area contributed by atoms with Crippen LogP contribution in [0.1, 0.15) is 57.7 Å². The van der Waals surface area contributed by atoms with Gasteiger partial charge in [0, 0.05) is 25.4 Å². The van der Waals surface area contributed by atoms with Crippen LogP contribution in [0, 0.1) is 0 Å². The first kappa shape index (κ1) is 14.9. The van der Waals surface area contributed by atoms with Gasteiger partial charge in [-0.15, -0.1) is 0 Å². The van der Waals surface area contributed by atoms with E-state index < -0.39 is 0 Å². The van der Waals surface area contributed by atoms with Gasteiger partial charge in [-0.25, -0.2) is 9.97 Å². The maximum atomic E-state index is 5.49. The number of hydrogen-bond acceptors (Lipinski definition) is 4. The van der Waals surface area contributed by atoms with E-state index in [4.69, 9.17) is 4.74 Å². The largest absolute Gasteiger partial charge is 0.373 e. The molecule has 1 rings (SSSR count). The first-order valence-corrected chi connectivity index (χ1v) is 6.89. The van der Waals surface area contributed by atoms with Gasteiger partial charge in [-0.2, -0.15) is 0 Å². The van der Waals surface area contributed by atoms with Crippen molar-refractivity contribution in [1.82, 2.24) is 9.97 Å². The summed E-state index contributed by atoms with van der Waals surface area (Å²) < 4.78 is 5.49. The SMILES string of the molecule is CCCc1cc(NCC)nc(C(CCC)OC)n1. The van der Waals surface area contributed by atoms with Gasteiger partial charge in [-0.1, -0.05) is 26.7 Å². The normalized spacial score (nSPS) is 12.4. The van der Waals surface area contributed by atoms with E-state index in [0.717, 1.165) is 49.6 Å². The predicted molar refractivity (Wildman–Crippen MR) is 74.8 cm³/mol. The van der Waals surface area contributed by atoms with Gasteiger partial charge in [0.25, 0.3) is 0 Å². The highest BCUT2D eigenvalue weighted by molar-refractivity contribution is 5.36. The molecule has 1 atom stereocenters. The third kappa shape index (κ3) is 4.26. The molecular formula is C14H25N3O. The number of rotatable bonds is 8. The average Bonchev–Trinajstić information content (AvgIpc) is 2.36. The summed E-state index contributed by atoms with van der Waals surface area (Å²) in [5, 5.41) is 3.26. The zero-order chi connectivity index (χ0) is 13.4. The van der Waals surface area contributed by atoms with Gasteiger partial charge in [0.15, 0.2) is 5.82 Å². The fraction of sp³-hybridized carbons (Fsp3) is 0.714. The summed E-state index contributed by atoms with van der Waals surface area (Å²) >= 11 is 0. The molecule has 1 heterocycles. The summed E-state index contributed by atoms with van der Waals surface area (Å²) in [6.45, 7) is 7.25. The molecule has 0 saturated carbocycles. The summed E-state index contributed by atoms with van der Waals surface area (Å²) in [6, 6.07) is 2.04. The van der Waals surface area contributed by atoms with Crippen LogP contribution in [0.3, 0.4) is 0 Å². The standard InChI is InChI=1S/C14H25N3O/c1-5-8-11-10-13(15-7-3)17-14(16-11)12(18-4)9-6-2/h10,12H,5-9H2,1-4H3,(H,15,16,17). The molecule has 1 unspecified atom stereocenters. The summed E-state index contributed by atoms with van der Waals surface area (Å²) in [5.74, 6) is 1.71. The molecule has 0 fully saturated rings. The lowest BCUT2D eigenvalue weighted by atomic mass is 10.2. The number of aromatic nitrogens is 2. The summed E-state index contributed by atoms with van der Waals surface area (Å²) in [6.07, 6.45) is 4.10. The average molecular weight is 251 g/mol. The van der Waals surface area contributed by atoms with E-state index >= 15 is 0 Å². The van der Waals surface area contributed by atoms with Crippen molar-refractivity contribution in [2.75, 3.05) is 19.0 Å². The summed E-state index contributed by atoms with van der Waals surface area (Å²) in [4.78, 5) is 9.17. The highest BCUT2D eigenvalue weighted by Crippen LogP contribution is 2.21. The van der Waals surface area contributed by atoms with E-state index in [1.807, 2.05) is 6.07 Å². The molecule has 0 spiro atoms. The van der Waals surface area contributed by atoms with E-state index in [1.54, 1.807) is 7.11 Å². The summed E-state index contributed by atoms with van der Waals surface area (Å²) in [5.41, 5.74) is 1.09. The number of methoxy groups -OCH3 is 1.